The fourth-order valence-electron chi connectivity index (χ4n) is 1.87. The van der Waals surface area contributed by atoms with E-state index in [-0.39, 0.29) is 0 Å². The second-order valence-electron chi connectivity index (χ2n) is 4.51. The third-order valence-corrected chi connectivity index (χ3v) is 2.64. The fourth-order valence-corrected chi connectivity index (χ4v) is 1.87. The van der Waals surface area contributed by atoms with Crippen LogP contribution in [0.25, 0.3) is 0 Å². The van der Waals surface area contributed by atoms with Gasteiger partial charge in [-0.1, -0.05) is 38.8 Å². The summed E-state index contributed by atoms with van der Waals surface area (Å²) < 4.78 is 0. The summed E-state index contributed by atoms with van der Waals surface area (Å²) in [5, 5.41) is 3.52. The molecule has 1 nitrogen and oxygen atoms in total. The van der Waals surface area contributed by atoms with Gasteiger partial charge in [0.2, 0.25) is 0 Å². The number of terminal acetylenes is 1. The molecule has 0 aliphatic carbocycles. The van der Waals surface area contributed by atoms with Gasteiger partial charge in [0, 0.05) is 11.6 Å². The Bertz CT molecular complexity index is 343. The van der Waals surface area contributed by atoms with Crippen LogP contribution in [0, 0.1) is 18.3 Å². The largest absolute Gasteiger partial charge is 0.310 e. The first kappa shape index (κ1) is 12.8. The van der Waals surface area contributed by atoms with Gasteiger partial charge in [-0.3, -0.25) is 0 Å². The summed E-state index contributed by atoms with van der Waals surface area (Å²) in [5.74, 6) is 3.34. The van der Waals surface area contributed by atoms with E-state index in [2.05, 4.69) is 44.1 Å². The molecule has 0 heterocycles. The van der Waals surface area contributed by atoms with Gasteiger partial charge in [0.25, 0.3) is 0 Å². The van der Waals surface area contributed by atoms with Crippen molar-refractivity contribution in [1.82, 2.24) is 5.32 Å². The monoisotopic (exact) mass is 215 g/mol. The highest BCUT2D eigenvalue weighted by molar-refractivity contribution is 5.35. The lowest BCUT2D eigenvalue weighted by atomic mass is 9.96. The second kappa shape index (κ2) is 6.35. The topological polar surface area (TPSA) is 12.0 Å². The second-order valence-corrected chi connectivity index (χ2v) is 4.51. The Morgan fingerprint density at radius 1 is 1.25 bits per heavy atom. The highest BCUT2D eigenvalue weighted by Crippen LogP contribution is 2.21. The predicted octanol–water partition coefficient (Wildman–Crippen LogP) is 3.36. The van der Waals surface area contributed by atoms with E-state index in [4.69, 9.17) is 6.42 Å². The standard InChI is InChI=1S/C15H21N/c1-5-13-7-9-14(10-8-13)15(16-6-2)11-12(3)4/h1,7-10,12,15-16H,6,11H2,2-4H3. The van der Waals surface area contributed by atoms with Gasteiger partial charge in [0.1, 0.15) is 0 Å². The van der Waals surface area contributed by atoms with Crippen molar-refractivity contribution in [1.29, 1.82) is 0 Å². The molecule has 1 aromatic rings. The maximum absolute atomic E-state index is 5.35. The van der Waals surface area contributed by atoms with Gasteiger partial charge in [0.05, 0.1) is 0 Å². The molecule has 1 heteroatoms. The number of nitrogens with one attached hydrogen (secondary N) is 1. The smallest absolute Gasteiger partial charge is 0.0322 e. The van der Waals surface area contributed by atoms with Crippen LogP contribution in [0.15, 0.2) is 24.3 Å². The fraction of sp³-hybridized carbons (Fsp3) is 0.467. The van der Waals surface area contributed by atoms with Gasteiger partial charge in [-0.15, -0.1) is 6.42 Å². The lowest BCUT2D eigenvalue weighted by molar-refractivity contribution is 0.438. The highest BCUT2D eigenvalue weighted by atomic mass is 14.9. The summed E-state index contributed by atoms with van der Waals surface area (Å²) in [6.45, 7) is 7.64. The van der Waals surface area contributed by atoms with Gasteiger partial charge in [0.15, 0.2) is 0 Å². The average molecular weight is 215 g/mol. The Labute approximate surface area is 99.3 Å². The van der Waals surface area contributed by atoms with Crippen LogP contribution >= 0.6 is 0 Å². The van der Waals surface area contributed by atoms with Gasteiger partial charge >= 0.3 is 0 Å². The summed E-state index contributed by atoms with van der Waals surface area (Å²) >= 11 is 0. The molecule has 0 spiro atoms. The van der Waals surface area contributed by atoms with Gasteiger partial charge in [-0.2, -0.15) is 0 Å². The van der Waals surface area contributed by atoms with Gasteiger partial charge in [-0.05, 0) is 36.6 Å². The summed E-state index contributed by atoms with van der Waals surface area (Å²) in [5.41, 5.74) is 2.28. The Balaban J connectivity index is 2.80. The van der Waals surface area contributed by atoms with E-state index >= 15 is 0 Å². The number of rotatable bonds is 5. The van der Waals surface area contributed by atoms with Crippen molar-refractivity contribution in [3.8, 4) is 12.3 Å². The summed E-state index contributed by atoms with van der Waals surface area (Å²) in [6, 6.07) is 8.73. The zero-order valence-electron chi connectivity index (χ0n) is 10.5. The molecule has 0 aliphatic rings. The van der Waals surface area contributed by atoms with Gasteiger partial charge in [-0.25, -0.2) is 0 Å². The Morgan fingerprint density at radius 3 is 2.31 bits per heavy atom. The third kappa shape index (κ3) is 3.72. The molecule has 0 bridgehead atoms. The highest BCUT2D eigenvalue weighted by Gasteiger charge is 2.11. The molecule has 0 aromatic heterocycles. The van der Waals surface area contributed by atoms with Crippen LogP contribution in [-0.4, -0.2) is 6.54 Å². The predicted molar refractivity (Wildman–Crippen MR) is 70.2 cm³/mol. The van der Waals surface area contributed by atoms with Crippen molar-refractivity contribution in [3.05, 3.63) is 35.4 Å². The first-order valence-corrected chi connectivity index (χ1v) is 5.97. The zero-order chi connectivity index (χ0) is 12.0. The molecule has 1 N–H and O–H groups in total. The minimum atomic E-state index is 0.442. The number of benzene rings is 1. The van der Waals surface area contributed by atoms with Crippen LogP contribution in [-0.2, 0) is 0 Å². The lowest BCUT2D eigenvalue weighted by Gasteiger charge is -2.20. The first-order valence-electron chi connectivity index (χ1n) is 5.97. The molecule has 1 aromatic carbocycles. The van der Waals surface area contributed by atoms with E-state index in [1.54, 1.807) is 0 Å². The molecule has 0 amide bonds. The Kier molecular flexibility index (Phi) is 5.08. The van der Waals surface area contributed by atoms with Crippen LogP contribution in [0.2, 0.25) is 0 Å². The van der Waals surface area contributed by atoms with Crippen molar-refractivity contribution >= 4 is 0 Å². The molecular formula is C15H21N. The molecule has 1 atom stereocenters. The summed E-state index contributed by atoms with van der Waals surface area (Å²) in [6.07, 6.45) is 6.51. The van der Waals surface area contributed by atoms with E-state index in [1.807, 2.05) is 12.1 Å². The maximum Gasteiger partial charge on any atom is 0.0322 e. The van der Waals surface area contributed by atoms with Gasteiger partial charge < -0.3 is 5.32 Å². The number of hydrogen-bond donors (Lipinski definition) is 1. The molecule has 0 saturated carbocycles. The minimum absolute atomic E-state index is 0.442. The minimum Gasteiger partial charge on any atom is -0.310 e. The quantitative estimate of drug-likeness (QED) is 0.743. The van der Waals surface area contributed by atoms with Crippen LogP contribution < -0.4 is 5.32 Å². The number of hydrogen-bond acceptors (Lipinski definition) is 1. The lowest BCUT2D eigenvalue weighted by Crippen LogP contribution is -2.22. The van der Waals surface area contributed by atoms with Crippen molar-refractivity contribution in [2.45, 2.75) is 33.2 Å². The summed E-state index contributed by atoms with van der Waals surface area (Å²) in [7, 11) is 0. The van der Waals surface area contributed by atoms with Crippen LogP contribution in [0.5, 0.6) is 0 Å². The average Bonchev–Trinajstić information content (AvgIpc) is 2.28. The van der Waals surface area contributed by atoms with E-state index in [0.29, 0.717) is 12.0 Å². The van der Waals surface area contributed by atoms with Crippen LogP contribution in [0.3, 0.4) is 0 Å². The maximum atomic E-state index is 5.35. The molecule has 16 heavy (non-hydrogen) atoms. The van der Waals surface area contributed by atoms with E-state index < -0.39 is 0 Å². The van der Waals surface area contributed by atoms with Crippen LogP contribution in [0.4, 0.5) is 0 Å². The molecule has 1 unspecified atom stereocenters. The summed E-state index contributed by atoms with van der Waals surface area (Å²) in [4.78, 5) is 0. The SMILES string of the molecule is C#Cc1ccc(C(CC(C)C)NCC)cc1. The molecule has 0 saturated heterocycles. The van der Waals surface area contributed by atoms with E-state index in [0.717, 1.165) is 18.5 Å². The molecule has 1 rings (SSSR count). The van der Waals surface area contributed by atoms with Crippen LogP contribution in [0.1, 0.15) is 44.4 Å². The van der Waals surface area contributed by atoms with E-state index in [9.17, 15) is 0 Å². The third-order valence-electron chi connectivity index (χ3n) is 2.64. The van der Waals surface area contributed by atoms with E-state index in [1.165, 1.54) is 5.56 Å². The van der Waals surface area contributed by atoms with Crippen molar-refractivity contribution in [3.63, 3.8) is 0 Å². The Hall–Kier alpha value is -1.26. The van der Waals surface area contributed by atoms with Crippen molar-refractivity contribution in [2.75, 3.05) is 6.54 Å². The Morgan fingerprint density at radius 2 is 1.88 bits per heavy atom. The molecule has 86 valence electrons. The molecule has 0 aliphatic heterocycles. The van der Waals surface area contributed by atoms with Crippen molar-refractivity contribution < 1.29 is 0 Å². The van der Waals surface area contributed by atoms with Crippen molar-refractivity contribution in [2.24, 2.45) is 5.92 Å². The molecule has 0 radical (unpaired) electrons. The first-order chi connectivity index (χ1) is 7.67. The normalized spacial score (nSPS) is 12.4. The molecular weight excluding hydrogens is 194 g/mol. The zero-order valence-corrected chi connectivity index (χ0v) is 10.5. The molecule has 0 fully saturated rings.